The van der Waals surface area contributed by atoms with Gasteiger partial charge in [0, 0.05) is 73.8 Å². The van der Waals surface area contributed by atoms with Gasteiger partial charge in [0.2, 0.25) is 0 Å². The van der Waals surface area contributed by atoms with Crippen molar-refractivity contribution >= 4 is 0 Å². The van der Waals surface area contributed by atoms with E-state index in [0.717, 1.165) is 37.6 Å². The first kappa shape index (κ1) is 15.7. The van der Waals surface area contributed by atoms with Crippen LogP contribution in [-0.4, -0.2) is 31.2 Å². The summed E-state index contributed by atoms with van der Waals surface area (Å²) in [5.41, 5.74) is 6.08. The van der Waals surface area contributed by atoms with E-state index in [9.17, 15) is 0 Å². The van der Waals surface area contributed by atoms with Crippen LogP contribution in [0.1, 0.15) is 41.4 Å². The SMILES string of the molecule is Cn1cc(CN2CCc3nc(C4CC4)ncc3C2)c(-c2ccccc2)n1. The number of rotatable bonds is 4. The van der Waals surface area contributed by atoms with E-state index in [1.807, 2.05) is 17.8 Å². The Morgan fingerprint density at radius 3 is 2.81 bits per heavy atom. The minimum absolute atomic E-state index is 0.627. The molecule has 3 heterocycles. The summed E-state index contributed by atoms with van der Waals surface area (Å²) in [5.74, 6) is 1.69. The van der Waals surface area contributed by atoms with Crippen LogP contribution in [0.5, 0.6) is 0 Å². The molecule has 0 atom stereocenters. The Labute approximate surface area is 153 Å². The second-order valence-corrected chi connectivity index (χ2v) is 7.48. The number of aryl methyl sites for hydroxylation is 1. The zero-order chi connectivity index (χ0) is 17.5. The number of aromatic nitrogens is 4. The van der Waals surface area contributed by atoms with Crippen LogP contribution in [-0.2, 0) is 26.6 Å². The molecular formula is C21H23N5. The van der Waals surface area contributed by atoms with Crippen molar-refractivity contribution in [2.45, 2.75) is 38.3 Å². The third kappa shape index (κ3) is 3.03. The standard InChI is InChI=1S/C21H23N5/c1-25-12-18(20(24-25)15-5-3-2-4-6-15)14-26-10-9-19-17(13-26)11-22-21(23-19)16-7-8-16/h2-6,11-12,16H,7-10,13-14H2,1H3. The number of nitrogens with zero attached hydrogens (tertiary/aromatic N) is 5. The quantitative estimate of drug-likeness (QED) is 0.728. The molecule has 132 valence electrons. The summed E-state index contributed by atoms with van der Waals surface area (Å²) in [6, 6.07) is 10.4. The maximum Gasteiger partial charge on any atom is 0.131 e. The molecule has 5 rings (SSSR count). The predicted octanol–water partition coefficient (Wildman–Crippen LogP) is 3.31. The van der Waals surface area contributed by atoms with E-state index >= 15 is 0 Å². The van der Waals surface area contributed by atoms with Gasteiger partial charge in [-0.3, -0.25) is 9.58 Å². The Balaban J connectivity index is 1.36. The molecule has 1 aliphatic carbocycles. The second kappa shape index (κ2) is 6.32. The summed E-state index contributed by atoms with van der Waals surface area (Å²) in [4.78, 5) is 11.9. The molecule has 2 aliphatic rings. The van der Waals surface area contributed by atoms with Crippen LogP contribution in [0, 0.1) is 0 Å². The number of hydrogen-bond donors (Lipinski definition) is 0. The molecule has 1 fully saturated rings. The zero-order valence-electron chi connectivity index (χ0n) is 15.1. The van der Waals surface area contributed by atoms with Crippen LogP contribution in [0.2, 0.25) is 0 Å². The highest BCUT2D eigenvalue weighted by atomic mass is 15.3. The maximum absolute atomic E-state index is 4.83. The predicted molar refractivity (Wildman–Crippen MR) is 100 cm³/mol. The molecule has 26 heavy (non-hydrogen) atoms. The summed E-state index contributed by atoms with van der Waals surface area (Å²) >= 11 is 0. The number of fused-ring (bicyclic) bond motifs is 1. The normalized spacial score (nSPS) is 17.3. The highest BCUT2D eigenvalue weighted by molar-refractivity contribution is 5.62. The van der Waals surface area contributed by atoms with Gasteiger partial charge in [-0.15, -0.1) is 0 Å². The van der Waals surface area contributed by atoms with Crippen molar-refractivity contribution in [2.75, 3.05) is 6.54 Å². The van der Waals surface area contributed by atoms with Gasteiger partial charge in [-0.1, -0.05) is 30.3 Å². The molecule has 0 amide bonds. The highest BCUT2D eigenvalue weighted by Crippen LogP contribution is 2.38. The molecule has 1 aliphatic heterocycles. The van der Waals surface area contributed by atoms with Crippen LogP contribution in [0.3, 0.4) is 0 Å². The van der Waals surface area contributed by atoms with E-state index in [1.165, 1.54) is 35.2 Å². The van der Waals surface area contributed by atoms with Gasteiger partial charge in [0.15, 0.2) is 0 Å². The lowest BCUT2D eigenvalue weighted by atomic mass is 10.0. The lowest BCUT2D eigenvalue weighted by Crippen LogP contribution is -2.31. The Morgan fingerprint density at radius 2 is 2.00 bits per heavy atom. The Morgan fingerprint density at radius 1 is 1.15 bits per heavy atom. The smallest absolute Gasteiger partial charge is 0.131 e. The minimum Gasteiger partial charge on any atom is -0.294 e. The van der Waals surface area contributed by atoms with Gasteiger partial charge in [0.05, 0.1) is 5.69 Å². The Hall–Kier alpha value is -2.53. The fraction of sp³-hybridized carbons (Fsp3) is 0.381. The molecule has 0 N–H and O–H groups in total. The summed E-state index contributed by atoms with van der Waals surface area (Å²) in [5, 5.41) is 4.69. The van der Waals surface area contributed by atoms with Gasteiger partial charge in [-0.2, -0.15) is 5.10 Å². The first-order chi connectivity index (χ1) is 12.8. The third-order valence-corrected chi connectivity index (χ3v) is 5.32. The van der Waals surface area contributed by atoms with Gasteiger partial charge in [-0.05, 0) is 12.8 Å². The molecule has 1 aromatic carbocycles. The monoisotopic (exact) mass is 345 g/mol. The topological polar surface area (TPSA) is 46.8 Å². The van der Waals surface area contributed by atoms with E-state index in [-0.39, 0.29) is 0 Å². The molecule has 0 radical (unpaired) electrons. The fourth-order valence-corrected chi connectivity index (χ4v) is 3.80. The van der Waals surface area contributed by atoms with Crippen molar-refractivity contribution in [1.82, 2.24) is 24.6 Å². The fourth-order valence-electron chi connectivity index (χ4n) is 3.80. The van der Waals surface area contributed by atoms with Crippen molar-refractivity contribution in [1.29, 1.82) is 0 Å². The highest BCUT2D eigenvalue weighted by Gasteiger charge is 2.28. The molecule has 0 bridgehead atoms. The minimum atomic E-state index is 0.627. The summed E-state index contributed by atoms with van der Waals surface area (Å²) in [7, 11) is 1.99. The average Bonchev–Trinajstić information content (AvgIpc) is 3.45. The molecule has 0 unspecified atom stereocenters. The van der Waals surface area contributed by atoms with E-state index in [1.54, 1.807) is 0 Å². The van der Waals surface area contributed by atoms with Crippen molar-refractivity contribution in [3.8, 4) is 11.3 Å². The molecule has 0 saturated heterocycles. The zero-order valence-corrected chi connectivity index (χ0v) is 15.1. The van der Waals surface area contributed by atoms with Crippen LogP contribution in [0.15, 0.2) is 42.7 Å². The Bertz CT molecular complexity index is 927. The van der Waals surface area contributed by atoms with Crippen molar-refractivity contribution < 1.29 is 0 Å². The molecule has 2 aromatic heterocycles. The van der Waals surface area contributed by atoms with Crippen LogP contribution >= 0.6 is 0 Å². The first-order valence-corrected chi connectivity index (χ1v) is 9.41. The summed E-state index contributed by atoms with van der Waals surface area (Å²) in [6.07, 6.45) is 7.73. The van der Waals surface area contributed by atoms with Crippen molar-refractivity contribution in [2.24, 2.45) is 7.05 Å². The van der Waals surface area contributed by atoms with Crippen LogP contribution < -0.4 is 0 Å². The molecule has 5 heteroatoms. The van der Waals surface area contributed by atoms with Gasteiger partial charge in [0.25, 0.3) is 0 Å². The molecule has 0 spiro atoms. The van der Waals surface area contributed by atoms with Crippen LogP contribution in [0.4, 0.5) is 0 Å². The second-order valence-electron chi connectivity index (χ2n) is 7.48. The summed E-state index contributed by atoms with van der Waals surface area (Å²) < 4.78 is 1.92. The maximum atomic E-state index is 4.83. The van der Waals surface area contributed by atoms with Crippen molar-refractivity contribution in [3.05, 3.63) is 65.4 Å². The van der Waals surface area contributed by atoms with Gasteiger partial charge in [-0.25, -0.2) is 9.97 Å². The third-order valence-electron chi connectivity index (χ3n) is 5.32. The van der Waals surface area contributed by atoms with Gasteiger partial charge < -0.3 is 0 Å². The summed E-state index contributed by atoms with van der Waals surface area (Å²) in [6.45, 7) is 2.86. The largest absolute Gasteiger partial charge is 0.294 e. The van der Waals surface area contributed by atoms with Crippen LogP contribution in [0.25, 0.3) is 11.3 Å². The Kier molecular flexibility index (Phi) is 3.82. The van der Waals surface area contributed by atoms with Crippen molar-refractivity contribution in [3.63, 3.8) is 0 Å². The lowest BCUT2D eigenvalue weighted by molar-refractivity contribution is 0.243. The first-order valence-electron chi connectivity index (χ1n) is 9.41. The van der Waals surface area contributed by atoms with E-state index < -0.39 is 0 Å². The molecule has 1 saturated carbocycles. The number of benzene rings is 1. The van der Waals surface area contributed by atoms with E-state index in [2.05, 4.69) is 46.5 Å². The lowest BCUT2D eigenvalue weighted by Gasteiger charge is -2.28. The molecular weight excluding hydrogens is 322 g/mol. The average molecular weight is 345 g/mol. The molecule has 5 nitrogen and oxygen atoms in total. The van der Waals surface area contributed by atoms with E-state index in [4.69, 9.17) is 10.1 Å². The van der Waals surface area contributed by atoms with Gasteiger partial charge in [0.1, 0.15) is 5.82 Å². The number of hydrogen-bond acceptors (Lipinski definition) is 4. The van der Waals surface area contributed by atoms with E-state index in [0.29, 0.717) is 5.92 Å². The van der Waals surface area contributed by atoms with Gasteiger partial charge >= 0.3 is 0 Å². The molecule has 3 aromatic rings.